The Morgan fingerprint density at radius 3 is 2.44 bits per heavy atom. The van der Waals surface area contributed by atoms with E-state index in [0.29, 0.717) is 19.7 Å². The Morgan fingerprint density at radius 2 is 1.94 bits per heavy atom. The fourth-order valence-electron chi connectivity index (χ4n) is 1.73. The van der Waals surface area contributed by atoms with Crippen LogP contribution in [-0.2, 0) is 14.9 Å². The Morgan fingerprint density at radius 1 is 1.31 bits per heavy atom. The van der Waals surface area contributed by atoms with E-state index in [1.165, 1.54) is 15.7 Å². The monoisotopic (exact) mass is 252 g/mol. The zero-order chi connectivity index (χ0) is 12.0. The Bertz CT molecular complexity index is 288. The van der Waals surface area contributed by atoms with E-state index in [1.807, 2.05) is 0 Å². The molecule has 0 radical (unpaired) electrons. The molecule has 1 rings (SSSR count). The molecule has 1 aliphatic rings. The molecular formula is C9H20N2O4S. The van der Waals surface area contributed by atoms with Gasteiger partial charge in [-0.3, -0.25) is 0 Å². The molecular weight excluding hydrogens is 232 g/mol. The normalized spacial score (nSPS) is 18.4. The maximum absolute atomic E-state index is 12.1. The predicted molar refractivity (Wildman–Crippen MR) is 60.3 cm³/mol. The fraction of sp³-hybridized carbons (Fsp3) is 1.00. The van der Waals surface area contributed by atoms with Crippen molar-refractivity contribution in [2.45, 2.75) is 12.8 Å². The van der Waals surface area contributed by atoms with Crippen LogP contribution in [0.3, 0.4) is 0 Å². The molecule has 0 aliphatic carbocycles. The van der Waals surface area contributed by atoms with Crippen LogP contribution in [0.15, 0.2) is 0 Å². The van der Waals surface area contributed by atoms with Gasteiger partial charge in [0, 0.05) is 33.3 Å². The summed E-state index contributed by atoms with van der Waals surface area (Å²) in [6.45, 7) is 1.75. The first-order valence-electron chi connectivity index (χ1n) is 5.48. The molecule has 1 aliphatic heterocycles. The largest absolute Gasteiger partial charge is 0.395 e. The van der Waals surface area contributed by atoms with E-state index in [4.69, 9.17) is 9.84 Å². The topological polar surface area (TPSA) is 70.1 Å². The third-order valence-corrected chi connectivity index (χ3v) is 4.65. The lowest BCUT2D eigenvalue weighted by atomic mass is 10.4. The lowest BCUT2D eigenvalue weighted by Gasteiger charge is -2.26. The van der Waals surface area contributed by atoms with Crippen LogP contribution in [0.2, 0.25) is 0 Å². The predicted octanol–water partition coefficient (Wildman–Crippen LogP) is -0.732. The van der Waals surface area contributed by atoms with E-state index in [-0.39, 0.29) is 19.7 Å². The number of hydrogen-bond donors (Lipinski definition) is 1. The molecule has 1 saturated heterocycles. The molecule has 1 fully saturated rings. The Hall–Kier alpha value is -0.210. The van der Waals surface area contributed by atoms with Crippen molar-refractivity contribution >= 4 is 10.2 Å². The number of hydrogen-bond acceptors (Lipinski definition) is 4. The first-order chi connectivity index (χ1) is 7.62. The molecule has 6 nitrogen and oxygen atoms in total. The highest BCUT2D eigenvalue weighted by Crippen LogP contribution is 2.15. The Labute approximate surface area is 97.0 Å². The maximum atomic E-state index is 12.1. The molecule has 0 aromatic carbocycles. The minimum Gasteiger partial charge on any atom is -0.395 e. The first kappa shape index (κ1) is 13.9. The average molecular weight is 252 g/mol. The van der Waals surface area contributed by atoms with Crippen LogP contribution in [-0.4, -0.2) is 68.6 Å². The number of methoxy groups -OCH3 is 1. The highest BCUT2D eigenvalue weighted by Gasteiger charge is 2.30. The van der Waals surface area contributed by atoms with Gasteiger partial charge >= 0.3 is 0 Å². The smallest absolute Gasteiger partial charge is 0.282 e. The Balaban J connectivity index is 2.66. The van der Waals surface area contributed by atoms with E-state index >= 15 is 0 Å². The molecule has 1 N–H and O–H groups in total. The average Bonchev–Trinajstić information content (AvgIpc) is 2.77. The van der Waals surface area contributed by atoms with E-state index < -0.39 is 10.2 Å². The van der Waals surface area contributed by atoms with Crippen molar-refractivity contribution in [3.8, 4) is 0 Å². The van der Waals surface area contributed by atoms with Crippen LogP contribution in [0.25, 0.3) is 0 Å². The van der Waals surface area contributed by atoms with Crippen LogP contribution in [0.5, 0.6) is 0 Å². The molecule has 0 atom stereocenters. The molecule has 0 spiro atoms. The number of nitrogens with zero attached hydrogens (tertiary/aromatic N) is 2. The van der Waals surface area contributed by atoms with Crippen molar-refractivity contribution in [1.82, 2.24) is 8.61 Å². The molecule has 1 heterocycles. The zero-order valence-corrected chi connectivity index (χ0v) is 10.4. The van der Waals surface area contributed by atoms with Crippen LogP contribution in [0, 0.1) is 0 Å². The van der Waals surface area contributed by atoms with E-state index in [9.17, 15) is 8.42 Å². The summed E-state index contributed by atoms with van der Waals surface area (Å²) < 4.78 is 31.8. The van der Waals surface area contributed by atoms with Gasteiger partial charge < -0.3 is 9.84 Å². The standard InChI is InChI=1S/C9H20N2O4S/c1-15-9-7-11(6-8-12)16(13,14)10-4-2-3-5-10/h12H,2-9H2,1H3. The summed E-state index contributed by atoms with van der Waals surface area (Å²) in [6.07, 6.45) is 1.83. The van der Waals surface area contributed by atoms with Gasteiger partial charge in [-0.1, -0.05) is 0 Å². The Kier molecular flexibility index (Phi) is 5.63. The van der Waals surface area contributed by atoms with Crippen molar-refractivity contribution < 1.29 is 18.3 Å². The molecule has 0 saturated carbocycles. The summed E-state index contributed by atoms with van der Waals surface area (Å²) >= 11 is 0. The van der Waals surface area contributed by atoms with Crippen molar-refractivity contribution in [3.05, 3.63) is 0 Å². The van der Waals surface area contributed by atoms with Gasteiger partial charge in [-0.05, 0) is 12.8 Å². The number of ether oxygens (including phenoxy) is 1. The van der Waals surface area contributed by atoms with E-state index in [2.05, 4.69) is 0 Å². The summed E-state index contributed by atoms with van der Waals surface area (Å²) in [6, 6.07) is 0. The first-order valence-corrected chi connectivity index (χ1v) is 6.87. The van der Waals surface area contributed by atoms with Crippen LogP contribution < -0.4 is 0 Å². The fourth-order valence-corrected chi connectivity index (χ4v) is 3.39. The van der Waals surface area contributed by atoms with Gasteiger partial charge in [-0.25, -0.2) is 0 Å². The summed E-state index contributed by atoms with van der Waals surface area (Å²) in [4.78, 5) is 0. The molecule has 0 bridgehead atoms. The third kappa shape index (κ3) is 3.39. The van der Waals surface area contributed by atoms with Gasteiger partial charge in [0.05, 0.1) is 13.2 Å². The molecule has 7 heteroatoms. The second-order valence-electron chi connectivity index (χ2n) is 3.73. The number of aliphatic hydroxyl groups excluding tert-OH is 1. The van der Waals surface area contributed by atoms with Crippen LogP contribution in [0.4, 0.5) is 0 Å². The van der Waals surface area contributed by atoms with Gasteiger partial charge in [-0.2, -0.15) is 17.0 Å². The summed E-state index contributed by atoms with van der Waals surface area (Å²) in [5, 5.41) is 8.88. The summed E-state index contributed by atoms with van der Waals surface area (Å²) in [5.41, 5.74) is 0. The highest BCUT2D eigenvalue weighted by atomic mass is 32.2. The van der Waals surface area contributed by atoms with Gasteiger partial charge in [-0.15, -0.1) is 0 Å². The van der Waals surface area contributed by atoms with Crippen molar-refractivity contribution in [3.63, 3.8) is 0 Å². The zero-order valence-electron chi connectivity index (χ0n) is 9.63. The lowest BCUT2D eigenvalue weighted by molar-refractivity contribution is 0.165. The van der Waals surface area contributed by atoms with Gasteiger partial charge in [0.25, 0.3) is 10.2 Å². The molecule has 0 unspecified atom stereocenters. The van der Waals surface area contributed by atoms with Gasteiger partial charge in [0.2, 0.25) is 0 Å². The van der Waals surface area contributed by atoms with Gasteiger partial charge in [0.1, 0.15) is 0 Å². The highest BCUT2D eigenvalue weighted by molar-refractivity contribution is 7.86. The van der Waals surface area contributed by atoms with Crippen molar-refractivity contribution in [2.75, 3.05) is 46.5 Å². The molecule has 0 aromatic heterocycles. The quantitative estimate of drug-likeness (QED) is 0.648. The van der Waals surface area contributed by atoms with Crippen LogP contribution >= 0.6 is 0 Å². The minimum atomic E-state index is -3.41. The van der Waals surface area contributed by atoms with Crippen molar-refractivity contribution in [1.29, 1.82) is 0 Å². The third-order valence-electron chi connectivity index (χ3n) is 2.61. The second kappa shape index (κ2) is 6.51. The molecule has 0 amide bonds. The maximum Gasteiger partial charge on any atom is 0.282 e. The summed E-state index contributed by atoms with van der Waals surface area (Å²) in [7, 11) is -1.88. The van der Waals surface area contributed by atoms with Gasteiger partial charge in [0.15, 0.2) is 0 Å². The minimum absolute atomic E-state index is 0.127. The summed E-state index contributed by atoms with van der Waals surface area (Å²) in [5.74, 6) is 0. The molecule has 0 aromatic rings. The van der Waals surface area contributed by atoms with E-state index in [0.717, 1.165) is 12.8 Å². The molecule has 96 valence electrons. The van der Waals surface area contributed by atoms with E-state index in [1.54, 1.807) is 0 Å². The second-order valence-corrected chi connectivity index (χ2v) is 5.66. The van der Waals surface area contributed by atoms with Crippen LogP contribution in [0.1, 0.15) is 12.8 Å². The number of rotatable bonds is 7. The SMILES string of the molecule is COCCN(CCO)S(=O)(=O)N1CCCC1. The lowest BCUT2D eigenvalue weighted by Crippen LogP contribution is -2.45. The molecule has 16 heavy (non-hydrogen) atoms. The number of aliphatic hydroxyl groups is 1. The van der Waals surface area contributed by atoms with Crippen molar-refractivity contribution in [2.24, 2.45) is 0 Å².